The summed E-state index contributed by atoms with van der Waals surface area (Å²) < 4.78 is 11.0. The number of fused-ring (bicyclic) bond motifs is 1. The van der Waals surface area contributed by atoms with Crippen molar-refractivity contribution in [2.24, 2.45) is 5.10 Å². The van der Waals surface area contributed by atoms with Crippen molar-refractivity contribution in [3.05, 3.63) is 130 Å². The first-order valence-corrected chi connectivity index (χ1v) is 13.4. The normalized spacial score (nSPS) is 11.0. The van der Waals surface area contributed by atoms with Gasteiger partial charge in [-0.05, 0) is 55.0 Å². The number of ether oxygens (including phenoxy) is 2. The van der Waals surface area contributed by atoms with Gasteiger partial charge >= 0.3 is 5.97 Å². The Hall–Kier alpha value is -5.01. The fourth-order valence-corrected chi connectivity index (χ4v) is 4.39. The molecular weight excluding hydrogens is 538 g/mol. The van der Waals surface area contributed by atoms with Crippen LogP contribution in [0, 0.1) is 0 Å². The van der Waals surface area contributed by atoms with E-state index in [1.165, 1.54) is 6.21 Å². The predicted molar refractivity (Wildman–Crippen MR) is 160 cm³/mol. The quantitative estimate of drug-likeness (QED) is 0.118. The fourth-order valence-electron chi connectivity index (χ4n) is 4.20. The van der Waals surface area contributed by atoms with Crippen LogP contribution in [0.2, 0.25) is 5.02 Å². The van der Waals surface area contributed by atoms with E-state index in [9.17, 15) is 9.59 Å². The summed E-state index contributed by atoms with van der Waals surface area (Å²) in [5.41, 5.74) is 7.33. The molecule has 41 heavy (non-hydrogen) atoms. The molecule has 0 aliphatic carbocycles. The van der Waals surface area contributed by atoms with E-state index in [1.54, 1.807) is 55.5 Å². The highest BCUT2D eigenvalue weighted by molar-refractivity contribution is 6.31. The van der Waals surface area contributed by atoms with Crippen LogP contribution in [0.5, 0.6) is 5.75 Å². The molecule has 0 saturated heterocycles. The summed E-state index contributed by atoms with van der Waals surface area (Å²) in [6.07, 6.45) is 1.49. The SMILES string of the molecule is CCOC(=O)c1ccc(COc2ccc(Cl)cc2/C=N\NC(=O)c2cc(-c3ccccc3)nc3ccccc23)cc1. The molecule has 0 unspecified atom stereocenters. The molecule has 0 aliphatic heterocycles. The van der Waals surface area contributed by atoms with Crippen LogP contribution < -0.4 is 10.2 Å². The lowest BCUT2D eigenvalue weighted by atomic mass is 10.0. The maximum atomic E-state index is 13.3. The van der Waals surface area contributed by atoms with Crippen LogP contribution in [0.4, 0.5) is 0 Å². The number of esters is 1. The van der Waals surface area contributed by atoms with Crippen molar-refractivity contribution in [3.63, 3.8) is 0 Å². The van der Waals surface area contributed by atoms with E-state index in [2.05, 4.69) is 10.5 Å². The molecule has 0 aliphatic rings. The van der Waals surface area contributed by atoms with Crippen molar-refractivity contribution in [1.82, 2.24) is 10.4 Å². The van der Waals surface area contributed by atoms with E-state index in [-0.39, 0.29) is 18.5 Å². The Morgan fingerprint density at radius 1 is 0.927 bits per heavy atom. The van der Waals surface area contributed by atoms with Crippen LogP contribution in [0.25, 0.3) is 22.2 Å². The fraction of sp³-hybridized carbons (Fsp3) is 0.0909. The Morgan fingerprint density at radius 2 is 1.68 bits per heavy atom. The molecule has 1 N–H and O–H groups in total. The summed E-state index contributed by atoms with van der Waals surface area (Å²) in [4.78, 5) is 29.9. The third-order valence-electron chi connectivity index (χ3n) is 6.23. The standard InChI is InChI=1S/C33H26ClN3O4/c1-2-40-33(39)24-14-12-22(13-15-24)21-41-31-17-16-26(34)18-25(31)20-35-37-32(38)28-19-30(23-8-4-3-5-9-23)36-29-11-7-6-10-27(28)29/h3-20H,2,21H2,1H3,(H,37,38)/b35-20-. The number of rotatable bonds is 9. The lowest BCUT2D eigenvalue weighted by Crippen LogP contribution is -2.18. The molecule has 204 valence electrons. The van der Waals surface area contributed by atoms with Crippen molar-refractivity contribution in [2.75, 3.05) is 6.61 Å². The van der Waals surface area contributed by atoms with Gasteiger partial charge in [0.15, 0.2) is 0 Å². The zero-order valence-corrected chi connectivity index (χ0v) is 23.0. The lowest BCUT2D eigenvalue weighted by Gasteiger charge is -2.11. The zero-order valence-electron chi connectivity index (χ0n) is 22.2. The number of benzene rings is 4. The maximum absolute atomic E-state index is 13.3. The molecule has 0 bridgehead atoms. The number of amides is 1. The van der Waals surface area contributed by atoms with Crippen LogP contribution in [0.15, 0.2) is 108 Å². The number of hydrogen-bond donors (Lipinski definition) is 1. The number of hydrazone groups is 1. The molecule has 1 aromatic heterocycles. The highest BCUT2D eigenvalue weighted by Gasteiger charge is 2.14. The van der Waals surface area contributed by atoms with Gasteiger partial charge in [0.05, 0.1) is 35.2 Å². The minimum Gasteiger partial charge on any atom is -0.488 e. The lowest BCUT2D eigenvalue weighted by molar-refractivity contribution is 0.0526. The number of carbonyl (C=O) groups is 2. The summed E-state index contributed by atoms with van der Waals surface area (Å²) in [6.45, 7) is 2.34. The summed E-state index contributed by atoms with van der Waals surface area (Å²) in [5.74, 6) is -0.208. The summed E-state index contributed by atoms with van der Waals surface area (Å²) in [6, 6.07) is 31.1. The van der Waals surface area contributed by atoms with Gasteiger partial charge < -0.3 is 9.47 Å². The number of hydrogen-bond acceptors (Lipinski definition) is 6. The third kappa shape index (κ3) is 6.77. The molecule has 7 nitrogen and oxygen atoms in total. The van der Waals surface area contributed by atoms with Gasteiger partial charge in [-0.2, -0.15) is 5.10 Å². The van der Waals surface area contributed by atoms with Gasteiger partial charge in [0.25, 0.3) is 5.91 Å². The molecule has 8 heteroatoms. The molecule has 4 aromatic carbocycles. The Bertz CT molecular complexity index is 1720. The molecule has 0 spiro atoms. The number of halogens is 1. The molecular formula is C33H26ClN3O4. The molecule has 0 radical (unpaired) electrons. The van der Waals surface area contributed by atoms with Crippen molar-refractivity contribution in [1.29, 1.82) is 0 Å². The van der Waals surface area contributed by atoms with E-state index < -0.39 is 0 Å². The van der Waals surface area contributed by atoms with Crippen molar-refractivity contribution < 1.29 is 19.1 Å². The third-order valence-corrected chi connectivity index (χ3v) is 6.47. The first-order valence-electron chi connectivity index (χ1n) is 13.0. The van der Waals surface area contributed by atoms with Gasteiger partial charge in [-0.15, -0.1) is 0 Å². The van der Waals surface area contributed by atoms with Gasteiger partial charge in [-0.1, -0.05) is 72.3 Å². The van der Waals surface area contributed by atoms with E-state index in [4.69, 9.17) is 26.1 Å². The smallest absolute Gasteiger partial charge is 0.338 e. The van der Waals surface area contributed by atoms with E-state index in [0.717, 1.165) is 16.5 Å². The summed E-state index contributed by atoms with van der Waals surface area (Å²) in [5, 5.41) is 5.42. The largest absolute Gasteiger partial charge is 0.488 e. The Balaban J connectivity index is 1.32. The number of nitrogens with zero attached hydrogens (tertiary/aromatic N) is 2. The molecule has 0 atom stereocenters. The van der Waals surface area contributed by atoms with Crippen molar-refractivity contribution >= 4 is 40.6 Å². The van der Waals surface area contributed by atoms with Crippen molar-refractivity contribution in [2.45, 2.75) is 13.5 Å². The second kappa shape index (κ2) is 12.9. The van der Waals surface area contributed by atoms with Gasteiger partial charge in [0.2, 0.25) is 0 Å². The van der Waals surface area contributed by atoms with E-state index >= 15 is 0 Å². The van der Waals surface area contributed by atoms with E-state index in [0.29, 0.717) is 45.3 Å². The number of carbonyl (C=O) groups excluding carboxylic acids is 2. The number of para-hydroxylation sites is 1. The van der Waals surface area contributed by atoms with Gasteiger partial charge in [0.1, 0.15) is 12.4 Å². The average Bonchev–Trinajstić information content (AvgIpc) is 3.01. The Kier molecular flexibility index (Phi) is 8.67. The minimum absolute atomic E-state index is 0.253. The second-order valence-electron chi connectivity index (χ2n) is 9.03. The summed E-state index contributed by atoms with van der Waals surface area (Å²) >= 11 is 6.23. The van der Waals surface area contributed by atoms with Gasteiger partial charge in [-0.3, -0.25) is 4.79 Å². The zero-order chi connectivity index (χ0) is 28.6. The van der Waals surface area contributed by atoms with Crippen LogP contribution in [-0.4, -0.2) is 29.7 Å². The first-order chi connectivity index (χ1) is 20.0. The maximum Gasteiger partial charge on any atom is 0.338 e. The predicted octanol–water partition coefficient (Wildman–Crippen LogP) is 7.07. The van der Waals surface area contributed by atoms with Gasteiger partial charge in [0, 0.05) is 21.5 Å². The van der Waals surface area contributed by atoms with Crippen LogP contribution in [0.3, 0.4) is 0 Å². The molecule has 1 amide bonds. The minimum atomic E-state index is -0.372. The summed E-state index contributed by atoms with van der Waals surface area (Å²) in [7, 11) is 0. The van der Waals surface area contributed by atoms with Crippen LogP contribution in [-0.2, 0) is 11.3 Å². The number of nitrogens with one attached hydrogen (secondary N) is 1. The average molecular weight is 564 g/mol. The highest BCUT2D eigenvalue weighted by atomic mass is 35.5. The number of pyridine rings is 1. The monoisotopic (exact) mass is 563 g/mol. The molecule has 5 aromatic rings. The van der Waals surface area contributed by atoms with Gasteiger partial charge in [-0.25, -0.2) is 15.2 Å². The number of aromatic nitrogens is 1. The molecule has 0 saturated carbocycles. The first kappa shape index (κ1) is 27.6. The molecule has 0 fully saturated rings. The molecule has 5 rings (SSSR count). The molecule has 1 heterocycles. The van der Waals surface area contributed by atoms with E-state index in [1.807, 2.05) is 54.6 Å². The topological polar surface area (TPSA) is 89.9 Å². The Morgan fingerprint density at radius 3 is 2.46 bits per heavy atom. The highest BCUT2D eigenvalue weighted by Crippen LogP contribution is 2.25. The second-order valence-corrected chi connectivity index (χ2v) is 9.46. The Labute approximate surface area is 242 Å². The van der Waals surface area contributed by atoms with Crippen LogP contribution >= 0.6 is 11.6 Å². The van der Waals surface area contributed by atoms with Crippen molar-refractivity contribution in [3.8, 4) is 17.0 Å². The van der Waals surface area contributed by atoms with Crippen LogP contribution in [0.1, 0.15) is 38.8 Å².